The molecule has 0 saturated heterocycles. The van der Waals surface area contributed by atoms with Crippen LogP contribution in [0.15, 0.2) is 59.2 Å². The maximum Gasteiger partial charge on any atom is 0.271 e. The van der Waals surface area contributed by atoms with Crippen molar-refractivity contribution >= 4 is 17.6 Å². The van der Waals surface area contributed by atoms with E-state index >= 15 is 0 Å². The summed E-state index contributed by atoms with van der Waals surface area (Å²) in [5.74, 6) is 0.619. The van der Waals surface area contributed by atoms with Gasteiger partial charge in [-0.3, -0.25) is 9.59 Å². The molecule has 0 aliphatic carbocycles. The third kappa shape index (κ3) is 4.63. The molecule has 0 radical (unpaired) electrons. The van der Waals surface area contributed by atoms with Gasteiger partial charge in [0.25, 0.3) is 5.91 Å². The second-order valence-corrected chi connectivity index (χ2v) is 6.39. The molecule has 2 heterocycles. The molecule has 0 saturated carbocycles. The van der Waals surface area contributed by atoms with Gasteiger partial charge in [-0.2, -0.15) is 5.10 Å². The Balaban J connectivity index is 1.77. The number of rotatable bonds is 7. The topological polar surface area (TPSA) is 89.2 Å². The third-order valence-electron chi connectivity index (χ3n) is 3.96. The van der Waals surface area contributed by atoms with Gasteiger partial charge < -0.3 is 15.1 Å². The molecule has 7 nitrogen and oxygen atoms in total. The number of amides is 2. The van der Waals surface area contributed by atoms with Gasteiger partial charge >= 0.3 is 0 Å². The molecule has 27 heavy (non-hydrogen) atoms. The van der Waals surface area contributed by atoms with Gasteiger partial charge in [-0.05, 0) is 24.3 Å². The number of carbonyl (C=O) groups excluding carboxylic acids is 2. The van der Waals surface area contributed by atoms with E-state index in [1.54, 1.807) is 30.9 Å². The molecule has 140 valence electrons. The molecule has 0 aliphatic heterocycles. The van der Waals surface area contributed by atoms with Crippen LogP contribution in [0.1, 0.15) is 30.1 Å². The van der Waals surface area contributed by atoms with Gasteiger partial charge in [-0.25, -0.2) is 4.68 Å². The SMILES string of the molecule is CC(C)C(=O)Nc1cc(C(=O)NCCc2ccco2)nn1-c1ccccc1. The smallest absolute Gasteiger partial charge is 0.271 e. The standard InChI is InChI=1S/C20H22N4O3/c1-14(2)19(25)22-18-13-17(23-24(18)15-7-4-3-5-8-15)20(26)21-11-10-16-9-6-12-27-16/h3-9,12-14H,10-11H2,1-2H3,(H,21,26)(H,22,25). The molecule has 0 spiro atoms. The second kappa shape index (κ2) is 8.35. The fraction of sp³-hybridized carbons (Fsp3) is 0.250. The van der Waals surface area contributed by atoms with Crippen molar-refractivity contribution in [2.24, 2.45) is 5.92 Å². The number of carbonyl (C=O) groups is 2. The lowest BCUT2D eigenvalue weighted by molar-refractivity contribution is -0.118. The third-order valence-corrected chi connectivity index (χ3v) is 3.96. The fourth-order valence-electron chi connectivity index (χ4n) is 2.46. The number of benzene rings is 1. The van der Waals surface area contributed by atoms with Crippen molar-refractivity contribution in [3.05, 3.63) is 66.2 Å². The van der Waals surface area contributed by atoms with Crippen molar-refractivity contribution in [2.75, 3.05) is 11.9 Å². The Morgan fingerprint density at radius 3 is 2.59 bits per heavy atom. The summed E-state index contributed by atoms with van der Waals surface area (Å²) in [6.07, 6.45) is 2.19. The largest absolute Gasteiger partial charge is 0.469 e. The zero-order valence-electron chi connectivity index (χ0n) is 15.3. The van der Waals surface area contributed by atoms with Gasteiger partial charge in [0.2, 0.25) is 5.91 Å². The molecular formula is C20H22N4O3. The Hall–Kier alpha value is -3.35. The van der Waals surface area contributed by atoms with Gasteiger partial charge in [0.1, 0.15) is 11.6 Å². The van der Waals surface area contributed by atoms with Crippen molar-refractivity contribution in [1.82, 2.24) is 15.1 Å². The Morgan fingerprint density at radius 2 is 1.93 bits per heavy atom. The lowest BCUT2D eigenvalue weighted by atomic mass is 10.2. The number of para-hydroxylation sites is 1. The Morgan fingerprint density at radius 1 is 1.15 bits per heavy atom. The van der Waals surface area contributed by atoms with Crippen molar-refractivity contribution < 1.29 is 14.0 Å². The number of hydrogen-bond acceptors (Lipinski definition) is 4. The normalized spacial score (nSPS) is 10.8. The van der Waals surface area contributed by atoms with E-state index in [2.05, 4.69) is 15.7 Å². The Labute approximate surface area is 157 Å². The van der Waals surface area contributed by atoms with Crippen LogP contribution in [0.4, 0.5) is 5.82 Å². The number of anilines is 1. The minimum atomic E-state index is -0.309. The van der Waals surface area contributed by atoms with E-state index in [1.807, 2.05) is 42.5 Å². The highest BCUT2D eigenvalue weighted by molar-refractivity contribution is 5.96. The predicted molar refractivity (Wildman–Crippen MR) is 102 cm³/mol. The van der Waals surface area contributed by atoms with Gasteiger partial charge in [0, 0.05) is 24.9 Å². The highest BCUT2D eigenvalue weighted by Gasteiger charge is 2.18. The van der Waals surface area contributed by atoms with E-state index in [4.69, 9.17) is 4.42 Å². The molecular weight excluding hydrogens is 344 g/mol. The number of nitrogens with zero attached hydrogens (tertiary/aromatic N) is 2. The summed E-state index contributed by atoms with van der Waals surface area (Å²) in [5.41, 5.74) is 0.989. The zero-order chi connectivity index (χ0) is 19.2. The zero-order valence-corrected chi connectivity index (χ0v) is 15.3. The monoisotopic (exact) mass is 366 g/mol. The molecule has 3 rings (SSSR count). The maximum atomic E-state index is 12.5. The minimum absolute atomic E-state index is 0.142. The summed E-state index contributed by atoms with van der Waals surface area (Å²) in [6.45, 7) is 4.04. The van der Waals surface area contributed by atoms with Crippen LogP contribution in [-0.4, -0.2) is 28.1 Å². The molecule has 1 aromatic carbocycles. The second-order valence-electron chi connectivity index (χ2n) is 6.39. The average Bonchev–Trinajstić information content (AvgIpc) is 3.32. The van der Waals surface area contributed by atoms with E-state index < -0.39 is 0 Å². The minimum Gasteiger partial charge on any atom is -0.469 e. The molecule has 2 aromatic heterocycles. The highest BCUT2D eigenvalue weighted by Crippen LogP contribution is 2.18. The molecule has 0 aliphatic rings. The van der Waals surface area contributed by atoms with Gasteiger partial charge in [0.15, 0.2) is 5.69 Å². The van der Waals surface area contributed by atoms with Gasteiger partial charge in [0.05, 0.1) is 12.0 Å². The summed E-state index contributed by atoms with van der Waals surface area (Å²) in [5, 5.41) is 10.0. The molecule has 3 aromatic rings. The van der Waals surface area contributed by atoms with E-state index in [9.17, 15) is 9.59 Å². The summed E-state index contributed by atoms with van der Waals surface area (Å²) in [6, 6.07) is 14.6. The predicted octanol–water partition coefficient (Wildman–Crippen LogP) is 3.03. The molecule has 2 N–H and O–H groups in total. The summed E-state index contributed by atoms with van der Waals surface area (Å²) in [4.78, 5) is 24.6. The van der Waals surface area contributed by atoms with E-state index in [1.165, 1.54) is 0 Å². The molecule has 0 unspecified atom stereocenters. The molecule has 2 amide bonds. The van der Waals surface area contributed by atoms with Crippen molar-refractivity contribution in [3.8, 4) is 5.69 Å². The van der Waals surface area contributed by atoms with Crippen LogP contribution in [0.2, 0.25) is 0 Å². The number of nitrogens with one attached hydrogen (secondary N) is 2. The fourth-order valence-corrected chi connectivity index (χ4v) is 2.46. The van der Waals surface area contributed by atoms with Crippen molar-refractivity contribution in [1.29, 1.82) is 0 Å². The first-order valence-corrected chi connectivity index (χ1v) is 8.81. The van der Waals surface area contributed by atoms with Crippen LogP contribution in [0, 0.1) is 5.92 Å². The first kappa shape index (κ1) is 18.4. The lowest BCUT2D eigenvalue weighted by Crippen LogP contribution is -2.26. The van der Waals surface area contributed by atoms with Crippen LogP contribution in [0.25, 0.3) is 5.69 Å². The maximum absolute atomic E-state index is 12.5. The highest BCUT2D eigenvalue weighted by atomic mass is 16.3. The molecule has 0 fully saturated rings. The lowest BCUT2D eigenvalue weighted by Gasteiger charge is -2.10. The van der Waals surface area contributed by atoms with E-state index in [-0.39, 0.29) is 23.4 Å². The number of hydrogen-bond donors (Lipinski definition) is 2. The van der Waals surface area contributed by atoms with Crippen LogP contribution >= 0.6 is 0 Å². The quantitative estimate of drug-likeness (QED) is 0.673. The molecule has 0 bridgehead atoms. The van der Waals surface area contributed by atoms with E-state index in [0.29, 0.717) is 18.8 Å². The van der Waals surface area contributed by atoms with Crippen LogP contribution < -0.4 is 10.6 Å². The summed E-state index contributed by atoms with van der Waals surface area (Å²) >= 11 is 0. The van der Waals surface area contributed by atoms with Crippen LogP contribution in [0.5, 0.6) is 0 Å². The summed E-state index contributed by atoms with van der Waals surface area (Å²) in [7, 11) is 0. The van der Waals surface area contributed by atoms with Crippen LogP contribution in [0.3, 0.4) is 0 Å². The summed E-state index contributed by atoms with van der Waals surface area (Å²) < 4.78 is 6.81. The first-order chi connectivity index (χ1) is 13.0. The molecule has 0 atom stereocenters. The number of furan rings is 1. The Bertz CT molecular complexity index is 899. The Kier molecular flexibility index (Phi) is 5.71. The van der Waals surface area contributed by atoms with Gasteiger partial charge in [-0.15, -0.1) is 0 Å². The first-order valence-electron chi connectivity index (χ1n) is 8.81. The average molecular weight is 366 g/mol. The van der Waals surface area contributed by atoms with Crippen LogP contribution in [-0.2, 0) is 11.2 Å². The van der Waals surface area contributed by atoms with E-state index in [0.717, 1.165) is 11.4 Å². The number of aromatic nitrogens is 2. The van der Waals surface area contributed by atoms with Crippen molar-refractivity contribution in [3.63, 3.8) is 0 Å². The molecule has 7 heteroatoms. The van der Waals surface area contributed by atoms with Crippen molar-refractivity contribution in [2.45, 2.75) is 20.3 Å². The van der Waals surface area contributed by atoms with Gasteiger partial charge in [-0.1, -0.05) is 32.0 Å².